The monoisotopic (exact) mass is 299 g/mol. The van der Waals surface area contributed by atoms with E-state index in [1.807, 2.05) is 6.26 Å². The summed E-state index contributed by atoms with van der Waals surface area (Å²) in [5.41, 5.74) is 1.15. The molecular formula is C10H9N3O2S3. The maximum absolute atomic E-state index is 10.5. The van der Waals surface area contributed by atoms with Gasteiger partial charge < -0.3 is 0 Å². The molecule has 0 radical (unpaired) electrons. The molecule has 0 fully saturated rings. The Bertz CT molecular complexity index is 542. The van der Waals surface area contributed by atoms with Crippen LogP contribution in [0.5, 0.6) is 0 Å². The third-order valence-corrected chi connectivity index (χ3v) is 4.65. The molecule has 0 aliphatic carbocycles. The lowest BCUT2D eigenvalue weighted by Crippen LogP contribution is -1.88. The molecule has 0 saturated carbocycles. The number of nitrogens with zero attached hydrogens (tertiary/aromatic N) is 3. The van der Waals surface area contributed by atoms with E-state index in [2.05, 4.69) is 9.36 Å². The van der Waals surface area contributed by atoms with E-state index in [0.29, 0.717) is 0 Å². The zero-order valence-electron chi connectivity index (χ0n) is 9.40. The Morgan fingerprint density at radius 3 is 2.67 bits per heavy atom. The van der Waals surface area contributed by atoms with Crippen LogP contribution in [-0.4, -0.2) is 20.5 Å². The molecule has 18 heavy (non-hydrogen) atoms. The number of hydrogen-bond donors (Lipinski definition) is 0. The van der Waals surface area contributed by atoms with Crippen LogP contribution in [0.15, 0.2) is 33.8 Å². The summed E-state index contributed by atoms with van der Waals surface area (Å²) in [7, 11) is 0. The van der Waals surface area contributed by atoms with E-state index < -0.39 is 4.92 Å². The van der Waals surface area contributed by atoms with E-state index in [1.165, 1.54) is 35.4 Å². The third-order valence-electron chi connectivity index (χ3n) is 2.08. The van der Waals surface area contributed by atoms with Crippen molar-refractivity contribution >= 4 is 40.7 Å². The molecule has 2 aromatic rings. The van der Waals surface area contributed by atoms with E-state index in [-0.39, 0.29) is 5.69 Å². The highest BCUT2D eigenvalue weighted by atomic mass is 32.2. The Balaban J connectivity index is 1.95. The van der Waals surface area contributed by atoms with Crippen LogP contribution in [-0.2, 0) is 5.75 Å². The summed E-state index contributed by atoms with van der Waals surface area (Å²) in [5.74, 6) is 0.737. The quantitative estimate of drug-likeness (QED) is 0.478. The topological polar surface area (TPSA) is 68.9 Å². The smallest absolute Gasteiger partial charge is 0.258 e. The fourth-order valence-corrected chi connectivity index (χ4v) is 3.36. The maximum Gasteiger partial charge on any atom is 0.269 e. The largest absolute Gasteiger partial charge is 0.269 e. The molecule has 1 heterocycles. The second kappa shape index (κ2) is 6.17. The van der Waals surface area contributed by atoms with E-state index in [4.69, 9.17) is 0 Å². The molecule has 1 aromatic heterocycles. The van der Waals surface area contributed by atoms with E-state index in [1.54, 1.807) is 23.9 Å². The van der Waals surface area contributed by atoms with Crippen molar-refractivity contribution in [1.82, 2.24) is 9.36 Å². The molecule has 8 heteroatoms. The summed E-state index contributed by atoms with van der Waals surface area (Å²) in [5, 5.41) is 11.3. The highest BCUT2D eigenvalue weighted by Crippen LogP contribution is 2.27. The number of non-ortho nitro benzene ring substituents is 1. The van der Waals surface area contributed by atoms with Gasteiger partial charge in [0.15, 0.2) is 4.34 Å². The van der Waals surface area contributed by atoms with Crippen molar-refractivity contribution < 1.29 is 4.92 Å². The fourth-order valence-electron chi connectivity index (χ4n) is 1.20. The standard InChI is InChI=1S/C10H9N3O2S3/c1-16-9-11-10(18-12-9)17-6-7-2-4-8(5-3-7)13(14)15/h2-5H,6H2,1H3. The van der Waals surface area contributed by atoms with Crippen molar-refractivity contribution in [3.8, 4) is 0 Å². The third kappa shape index (κ3) is 3.44. The van der Waals surface area contributed by atoms with Crippen LogP contribution < -0.4 is 0 Å². The van der Waals surface area contributed by atoms with Crippen LogP contribution >= 0.6 is 35.1 Å². The first kappa shape index (κ1) is 13.3. The number of rotatable bonds is 5. The summed E-state index contributed by atoms with van der Waals surface area (Å²) < 4.78 is 5.08. The van der Waals surface area contributed by atoms with Gasteiger partial charge in [-0.2, -0.15) is 4.37 Å². The number of benzene rings is 1. The van der Waals surface area contributed by atoms with Gasteiger partial charge in [0.05, 0.1) is 4.92 Å². The van der Waals surface area contributed by atoms with Gasteiger partial charge in [0.25, 0.3) is 5.69 Å². The van der Waals surface area contributed by atoms with Crippen LogP contribution in [0.4, 0.5) is 5.69 Å². The van der Waals surface area contributed by atoms with Gasteiger partial charge in [0, 0.05) is 17.9 Å². The number of hydrogen-bond acceptors (Lipinski definition) is 7. The molecule has 0 saturated heterocycles. The molecule has 0 aliphatic rings. The Labute approximate surface area is 116 Å². The summed E-state index contributed by atoms with van der Waals surface area (Å²) in [4.78, 5) is 14.4. The second-order valence-electron chi connectivity index (χ2n) is 3.26. The molecule has 0 N–H and O–H groups in total. The van der Waals surface area contributed by atoms with Crippen molar-refractivity contribution in [3.05, 3.63) is 39.9 Å². The normalized spacial score (nSPS) is 10.5. The predicted octanol–water partition coefficient (Wildman–Crippen LogP) is 3.46. The Hall–Kier alpha value is -1.12. The summed E-state index contributed by atoms with van der Waals surface area (Å²) >= 11 is 4.48. The molecule has 0 bridgehead atoms. The summed E-state index contributed by atoms with van der Waals surface area (Å²) in [6, 6.07) is 6.57. The van der Waals surface area contributed by atoms with Crippen LogP contribution in [0.1, 0.15) is 5.56 Å². The van der Waals surface area contributed by atoms with Crippen molar-refractivity contribution in [2.24, 2.45) is 0 Å². The van der Waals surface area contributed by atoms with E-state index in [0.717, 1.165) is 20.8 Å². The molecule has 0 atom stereocenters. The van der Waals surface area contributed by atoms with Crippen LogP contribution in [0.2, 0.25) is 0 Å². The zero-order chi connectivity index (χ0) is 13.0. The number of nitro benzene ring substituents is 1. The number of nitro groups is 1. The predicted molar refractivity (Wildman–Crippen MR) is 74.3 cm³/mol. The average Bonchev–Trinajstić information content (AvgIpc) is 2.85. The molecule has 5 nitrogen and oxygen atoms in total. The molecule has 0 spiro atoms. The summed E-state index contributed by atoms with van der Waals surface area (Å²) in [6.45, 7) is 0. The number of thioether (sulfide) groups is 2. The van der Waals surface area contributed by atoms with Crippen molar-refractivity contribution in [1.29, 1.82) is 0 Å². The lowest BCUT2D eigenvalue weighted by atomic mass is 10.2. The fraction of sp³-hybridized carbons (Fsp3) is 0.200. The SMILES string of the molecule is CSc1nsc(SCc2ccc([N+](=O)[O-])cc2)n1. The number of aromatic nitrogens is 2. The molecule has 0 aliphatic heterocycles. The van der Waals surface area contributed by atoms with E-state index >= 15 is 0 Å². The lowest BCUT2D eigenvalue weighted by Gasteiger charge is -1.98. The van der Waals surface area contributed by atoms with E-state index in [9.17, 15) is 10.1 Å². The maximum atomic E-state index is 10.5. The van der Waals surface area contributed by atoms with Gasteiger partial charge in [-0.3, -0.25) is 10.1 Å². The minimum absolute atomic E-state index is 0.115. The van der Waals surface area contributed by atoms with Gasteiger partial charge in [0.1, 0.15) is 0 Å². The first-order valence-corrected chi connectivity index (χ1v) is 7.91. The Morgan fingerprint density at radius 1 is 1.39 bits per heavy atom. The zero-order valence-corrected chi connectivity index (χ0v) is 11.8. The van der Waals surface area contributed by atoms with Gasteiger partial charge in [-0.15, -0.1) is 0 Å². The molecule has 0 amide bonds. The first-order chi connectivity index (χ1) is 8.69. The first-order valence-electron chi connectivity index (χ1n) is 4.93. The lowest BCUT2D eigenvalue weighted by molar-refractivity contribution is -0.384. The minimum Gasteiger partial charge on any atom is -0.258 e. The van der Waals surface area contributed by atoms with Crippen molar-refractivity contribution in [2.45, 2.75) is 15.2 Å². The minimum atomic E-state index is -0.396. The highest BCUT2D eigenvalue weighted by molar-refractivity contribution is 8.00. The summed E-state index contributed by atoms with van der Waals surface area (Å²) in [6.07, 6.45) is 1.94. The van der Waals surface area contributed by atoms with Crippen LogP contribution in [0.25, 0.3) is 0 Å². The molecule has 2 rings (SSSR count). The second-order valence-corrected chi connectivity index (χ2v) is 6.01. The van der Waals surface area contributed by atoms with Gasteiger partial charge >= 0.3 is 0 Å². The van der Waals surface area contributed by atoms with Gasteiger partial charge in [-0.1, -0.05) is 35.7 Å². The van der Waals surface area contributed by atoms with Crippen molar-refractivity contribution in [3.63, 3.8) is 0 Å². The van der Waals surface area contributed by atoms with Gasteiger partial charge in [0.2, 0.25) is 5.16 Å². The van der Waals surface area contributed by atoms with Crippen molar-refractivity contribution in [2.75, 3.05) is 6.26 Å². The molecular weight excluding hydrogens is 290 g/mol. The molecule has 1 aromatic carbocycles. The van der Waals surface area contributed by atoms with Gasteiger partial charge in [-0.25, -0.2) is 4.98 Å². The Kier molecular flexibility index (Phi) is 4.56. The Morgan fingerprint density at radius 2 is 2.11 bits per heavy atom. The average molecular weight is 299 g/mol. The van der Waals surface area contributed by atoms with Crippen LogP contribution in [0.3, 0.4) is 0 Å². The molecule has 0 unspecified atom stereocenters. The van der Waals surface area contributed by atoms with Crippen LogP contribution in [0, 0.1) is 10.1 Å². The highest BCUT2D eigenvalue weighted by Gasteiger charge is 2.06. The van der Waals surface area contributed by atoms with Gasteiger partial charge in [-0.05, 0) is 23.4 Å². The molecule has 94 valence electrons.